The molecule has 0 aromatic rings. The van der Waals surface area contributed by atoms with Gasteiger partial charge in [0.15, 0.2) is 0 Å². The molecule has 1 rings (SSSR count). The lowest BCUT2D eigenvalue weighted by Crippen LogP contribution is -2.03. The first kappa shape index (κ1) is 45.5. The molecule has 0 fully saturated rings. The normalized spacial score (nSPS) is 14.6. The van der Waals surface area contributed by atoms with E-state index in [0.29, 0.717) is 11.9 Å². The zero-order chi connectivity index (χ0) is 34.6. The highest BCUT2D eigenvalue weighted by Gasteiger charge is 2.31. The average molecular weight is 693 g/mol. The van der Waals surface area contributed by atoms with Gasteiger partial charge in [0.1, 0.15) is 5.76 Å². The van der Waals surface area contributed by atoms with E-state index in [-0.39, 0.29) is 0 Å². The molecule has 0 bridgehead atoms. The van der Waals surface area contributed by atoms with Crippen LogP contribution in [0.25, 0.3) is 0 Å². The Kier molecular flexibility index (Phi) is 33.1. The van der Waals surface area contributed by atoms with E-state index in [9.17, 15) is 4.57 Å². The number of rotatable bonds is 38. The molecule has 0 N–H and O–H groups in total. The predicted molar refractivity (Wildman–Crippen MR) is 214 cm³/mol. The summed E-state index contributed by atoms with van der Waals surface area (Å²) in [6.07, 6.45) is 50.4. The van der Waals surface area contributed by atoms with E-state index in [2.05, 4.69) is 26.5 Å². The maximum Gasteiger partial charge on any atom is 0.405 e. The third-order valence-electron chi connectivity index (χ3n) is 10.5. The molecule has 0 saturated heterocycles. The largest absolute Gasteiger partial charge is 0.426 e. The van der Waals surface area contributed by atoms with Crippen LogP contribution in [0.3, 0.4) is 0 Å². The minimum absolute atomic E-state index is 0.515. The highest BCUT2D eigenvalue weighted by molar-refractivity contribution is 7.58. The Labute approximate surface area is 302 Å². The monoisotopic (exact) mass is 693 g/mol. The summed E-state index contributed by atoms with van der Waals surface area (Å²) in [5, 5.41) is 0.691. The van der Waals surface area contributed by atoms with Crippen molar-refractivity contribution in [2.75, 3.05) is 6.61 Å². The van der Waals surface area contributed by atoms with Crippen molar-refractivity contribution in [1.29, 1.82) is 0 Å². The standard InChI is InChI=1S/C44H85O3P/c1-4-6-8-10-12-14-16-18-20-22-24-26-28-30-32-35-39-43(3)48(45,47-44-40-36-34-37-41-44)46-42-38-33-31-29-27-25-23-21-19-17-15-13-11-9-7-5-2/h40H,3-39,41-42H2,1-2H3. The molecule has 1 aliphatic rings. The summed E-state index contributed by atoms with van der Waals surface area (Å²) < 4.78 is 26.2. The van der Waals surface area contributed by atoms with Crippen molar-refractivity contribution in [2.45, 2.75) is 251 Å². The first-order chi connectivity index (χ1) is 23.6. The van der Waals surface area contributed by atoms with E-state index >= 15 is 0 Å². The Morgan fingerprint density at radius 3 is 1.25 bits per heavy atom. The average Bonchev–Trinajstić information content (AvgIpc) is 3.09. The van der Waals surface area contributed by atoms with Crippen LogP contribution < -0.4 is 0 Å². The third kappa shape index (κ3) is 28.2. The lowest BCUT2D eigenvalue weighted by atomic mass is 10.0. The zero-order valence-corrected chi connectivity index (χ0v) is 33.7. The van der Waals surface area contributed by atoms with Crippen molar-refractivity contribution < 1.29 is 13.6 Å². The van der Waals surface area contributed by atoms with Gasteiger partial charge >= 0.3 is 7.60 Å². The quantitative estimate of drug-likeness (QED) is 0.0477. The number of hydrogen-bond acceptors (Lipinski definition) is 3. The van der Waals surface area contributed by atoms with Crippen molar-refractivity contribution >= 4 is 7.60 Å². The first-order valence-corrected chi connectivity index (χ1v) is 23.5. The molecule has 1 unspecified atom stereocenters. The molecule has 0 aliphatic heterocycles. The van der Waals surface area contributed by atoms with Crippen LogP contribution in [0.4, 0.5) is 0 Å². The summed E-state index contributed by atoms with van der Waals surface area (Å²) in [4.78, 5) is 0. The molecule has 0 spiro atoms. The summed E-state index contributed by atoms with van der Waals surface area (Å²) in [7, 11) is -3.32. The lowest BCUT2D eigenvalue weighted by Gasteiger charge is -2.24. The van der Waals surface area contributed by atoms with Crippen molar-refractivity contribution in [3.8, 4) is 0 Å². The van der Waals surface area contributed by atoms with Gasteiger partial charge in [-0.1, -0.05) is 213 Å². The van der Waals surface area contributed by atoms with E-state index in [1.54, 1.807) is 0 Å². The van der Waals surface area contributed by atoms with E-state index in [1.165, 1.54) is 193 Å². The molecule has 0 aromatic carbocycles. The summed E-state index contributed by atoms with van der Waals surface area (Å²) >= 11 is 0. The molecule has 0 amide bonds. The van der Waals surface area contributed by atoms with E-state index in [4.69, 9.17) is 9.05 Å². The Bertz CT molecular complexity index is 775. The molecular formula is C44H85O3P. The molecule has 48 heavy (non-hydrogen) atoms. The minimum Gasteiger partial charge on any atom is -0.426 e. The smallest absolute Gasteiger partial charge is 0.405 e. The lowest BCUT2D eigenvalue weighted by molar-refractivity contribution is 0.231. The SMILES string of the molecule is C=C(CCCCCCCCCCCCCCCCCC)P(=O)(OCCCCCCCCCCCCCCCCCC)OC1=CCCCC1. The van der Waals surface area contributed by atoms with Crippen LogP contribution in [0.2, 0.25) is 0 Å². The van der Waals surface area contributed by atoms with Crippen LogP contribution in [0.5, 0.6) is 0 Å². The van der Waals surface area contributed by atoms with Crippen molar-refractivity contribution in [2.24, 2.45) is 0 Å². The number of allylic oxidation sites excluding steroid dienone is 3. The fourth-order valence-electron chi connectivity index (χ4n) is 7.08. The number of unbranched alkanes of at least 4 members (excludes halogenated alkanes) is 30. The molecular weight excluding hydrogens is 607 g/mol. The van der Waals surface area contributed by atoms with Gasteiger partial charge in [0.2, 0.25) is 0 Å². The molecule has 0 radical (unpaired) electrons. The van der Waals surface area contributed by atoms with Gasteiger partial charge in [0.05, 0.1) is 6.61 Å². The van der Waals surface area contributed by atoms with Crippen molar-refractivity contribution in [3.63, 3.8) is 0 Å². The fraction of sp³-hybridized carbons (Fsp3) is 0.909. The molecule has 284 valence electrons. The molecule has 0 heterocycles. The van der Waals surface area contributed by atoms with E-state index in [1.807, 2.05) is 0 Å². The molecule has 0 saturated carbocycles. The summed E-state index contributed by atoms with van der Waals surface area (Å²) in [6, 6.07) is 0. The van der Waals surface area contributed by atoms with E-state index < -0.39 is 7.60 Å². The van der Waals surface area contributed by atoms with Gasteiger partial charge < -0.3 is 4.52 Å². The maximum absolute atomic E-state index is 13.9. The molecule has 1 aliphatic carbocycles. The van der Waals surface area contributed by atoms with Gasteiger partial charge in [-0.15, -0.1) is 0 Å². The van der Waals surface area contributed by atoms with Crippen molar-refractivity contribution in [1.82, 2.24) is 0 Å². The molecule has 1 atom stereocenters. The maximum atomic E-state index is 13.9. The van der Waals surface area contributed by atoms with Crippen molar-refractivity contribution in [3.05, 3.63) is 23.7 Å². The van der Waals surface area contributed by atoms with Gasteiger partial charge in [0.25, 0.3) is 0 Å². The van der Waals surface area contributed by atoms with Crippen LogP contribution >= 0.6 is 7.60 Å². The number of hydrogen-bond donors (Lipinski definition) is 0. The topological polar surface area (TPSA) is 35.5 Å². The van der Waals surface area contributed by atoms with Gasteiger partial charge in [-0.05, 0) is 44.6 Å². The van der Waals surface area contributed by atoms with Crippen LogP contribution in [0.15, 0.2) is 23.7 Å². The second kappa shape index (κ2) is 34.9. The predicted octanol–water partition coefficient (Wildman–Crippen LogP) is 17.1. The third-order valence-corrected chi connectivity index (χ3v) is 12.4. The fourth-order valence-corrected chi connectivity index (χ4v) is 8.72. The van der Waals surface area contributed by atoms with Crippen LogP contribution in [-0.4, -0.2) is 6.61 Å². The Balaban J connectivity index is 2.10. The van der Waals surface area contributed by atoms with Gasteiger partial charge in [-0.25, -0.2) is 4.57 Å². The minimum atomic E-state index is -3.32. The summed E-state index contributed by atoms with van der Waals surface area (Å²) in [5.74, 6) is 0.865. The molecule has 4 heteroatoms. The Morgan fingerprint density at radius 1 is 0.542 bits per heavy atom. The van der Waals surface area contributed by atoms with Crippen LogP contribution in [0, 0.1) is 0 Å². The Hall–Kier alpha value is -0.530. The van der Waals surface area contributed by atoms with Crippen LogP contribution in [0.1, 0.15) is 251 Å². The highest BCUT2D eigenvalue weighted by atomic mass is 31.2. The second-order valence-electron chi connectivity index (χ2n) is 15.3. The zero-order valence-electron chi connectivity index (χ0n) is 32.8. The highest BCUT2D eigenvalue weighted by Crippen LogP contribution is 2.59. The van der Waals surface area contributed by atoms with Crippen LogP contribution in [-0.2, 0) is 13.6 Å². The molecule has 3 nitrogen and oxygen atoms in total. The second-order valence-corrected chi connectivity index (χ2v) is 17.3. The molecule has 0 aromatic heterocycles. The summed E-state index contributed by atoms with van der Waals surface area (Å²) in [6.45, 7) is 9.36. The first-order valence-electron chi connectivity index (χ1n) is 21.9. The summed E-state index contributed by atoms with van der Waals surface area (Å²) in [5.41, 5.74) is 0. The van der Waals surface area contributed by atoms with Gasteiger partial charge in [-0.2, -0.15) is 0 Å². The Morgan fingerprint density at radius 2 is 0.896 bits per heavy atom. The van der Waals surface area contributed by atoms with Gasteiger partial charge in [-0.3, -0.25) is 4.52 Å². The van der Waals surface area contributed by atoms with E-state index in [0.717, 1.165) is 50.7 Å². The van der Waals surface area contributed by atoms with Gasteiger partial charge in [0, 0.05) is 11.7 Å².